The molecule has 1 amide bonds. The Balaban J connectivity index is 2.40. The normalized spacial score (nSPS) is 24.7. The van der Waals surface area contributed by atoms with Crippen molar-refractivity contribution < 1.29 is 4.79 Å². The minimum atomic E-state index is -0.106. The maximum absolute atomic E-state index is 12.5. The predicted molar refractivity (Wildman–Crippen MR) is 79.5 cm³/mol. The number of para-hydroxylation sites is 1. The van der Waals surface area contributed by atoms with Gasteiger partial charge in [-0.3, -0.25) is 4.79 Å². The van der Waals surface area contributed by atoms with Gasteiger partial charge in [0.1, 0.15) is 0 Å². The molecule has 1 aromatic carbocycles. The molecule has 0 radical (unpaired) electrons. The third-order valence-electron chi connectivity index (χ3n) is 3.75. The molecular formula is C16H24N2O. The Morgan fingerprint density at radius 2 is 1.95 bits per heavy atom. The first kappa shape index (κ1) is 14.1. The quantitative estimate of drug-likeness (QED) is 0.887. The largest absolute Gasteiger partial charge is 0.310 e. The molecule has 19 heavy (non-hydrogen) atoms. The predicted octanol–water partition coefficient (Wildman–Crippen LogP) is 2.77. The van der Waals surface area contributed by atoms with Gasteiger partial charge in [-0.15, -0.1) is 0 Å². The highest BCUT2D eigenvalue weighted by Crippen LogP contribution is 2.29. The van der Waals surface area contributed by atoms with Crippen LogP contribution >= 0.6 is 0 Å². The molecule has 1 aliphatic heterocycles. The van der Waals surface area contributed by atoms with E-state index in [0.29, 0.717) is 11.8 Å². The lowest BCUT2D eigenvalue weighted by Crippen LogP contribution is -2.42. The van der Waals surface area contributed by atoms with Crippen molar-refractivity contribution in [2.75, 3.05) is 18.0 Å². The summed E-state index contributed by atoms with van der Waals surface area (Å²) < 4.78 is 0. The topological polar surface area (TPSA) is 32.3 Å². The molecular weight excluding hydrogens is 236 g/mol. The van der Waals surface area contributed by atoms with Crippen LogP contribution in [0, 0.1) is 5.92 Å². The van der Waals surface area contributed by atoms with E-state index in [0.717, 1.165) is 18.8 Å². The third-order valence-corrected chi connectivity index (χ3v) is 3.75. The molecule has 0 saturated carbocycles. The van der Waals surface area contributed by atoms with Crippen LogP contribution in [-0.4, -0.2) is 25.0 Å². The van der Waals surface area contributed by atoms with E-state index in [-0.39, 0.29) is 11.9 Å². The van der Waals surface area contributed by atoms with Crippen LogP contribution in [0.3, 0.4) is 0 Å². The molecule has 1 N–H and O–H groups in total. The number of nitrogens with zero attached hydrogens (tertiary/aromatic N) is 1. The minimum absolute atomic E-state index is 0.106. The average molecular weight is 260 g/mol. The highest BCUT2D eigenvalue weighted by Gasteiger charge is 2.28. The second-order valence-corrected chi connectivity index (χ2v) is 5.90. The first-order valence-electron chi connectivity index (χ1n) is 7.14. The van der Waals surface area contributed by atoms with Crippen LogP contribution in [0.1, 0.15) is 39.2 Å². The third kappa shape index (κ3) is 2.98. The van der Waals surface area contributed by atoms with E-state index in [1.165, 1.54) is 5.56 Å². The molecule has 1 heterocycles. The lowest BCUT2D eigenvalue weighted by molar-refractivity contribution is -0.119. The first-order valence-corrected chi connectivity index (χ1v) is 7.14. The van der Waals surface area contributed by atoms with Gasteiger partial charge in [0.15, 0.2) is 0 Å². The zero-order valence-electron chi connectivity index (χ0n) is 12.3. The molecule has 1 saturated heterocycles. The molecule has 0 aliphatic carbocycles. The van der Waals surface area contributed by atoms with Gasteiger partial charge in [0.2, 0.25) is 5.91 Å². The van der Waals surface area contributed by atoms with E-state index in [1.54, 1.807) is 0 Å². The number of hydrogen-bond acceptors (Lipinski definition) is 2. The van der Waals surface area contributed by atoms with Crippen LogP contribution in [0.5, 0.6) is 0 Å². The van der Waals surface area contributed by atoms with E-state index in [9.17, 15) is 4.79 Å². The van der Waals surface area contributed by atoms with Gasteiger partial charge in [0.25, 0.3) is 0 Å². The van der Waals surface area contributed by atoms with Crippen LogP contribution in [0.15, 0.2) is 24.3 Å². The van der Waals surface area contributed by atoms with Crippen molar-refractivity contribution >= 4 is 11.6 Å². The van der Waals surface area contributed by atoms with Gasteiger partial charge in [-0.05, 0) is 30.4 Å². The second kappa shape index (κ2) is 5.74. The average Bonchev–Trinajstić information content (AvgIpc) is 2.52. The summed E-state index contributed by atoms with van der Waals surface area (Å²) in [6, 6.07) is 8.15. The van der Waals surface area contributed by atoms with Crippen molar-refractivity contribution in [1.82, 2.24) is 5.32 Å². The molecule has 2 rings (SSSR count). The SMILES string of the molecule is CC1CNC(C)C(=O)N(c2ccccc2C(C)C)C1. The van der Waals surface area contributed by atoms with E-state index in [4.69, 9.17) is 0 Å². The smallest absolute Gasteiger partial charge is 0.243 e. The first-order chi connectivity index (χ1) is 9.00. The fourth-order valence-corrected chi connectivity index (χ4v) is 2.60. The number of nitrogens with one attached hydrogen (secondary N) is 1. The summed E-state index contributed by atoms with van der Waals surface area (Å²) in [6.45, 7) is 10.2. The second-order valence-electron chi connectivity index (χ2n) is 5.90. The summed E-state index contributed by atoms with van der Waals surface area (Å²) >= 11 is 0. The molecule has 3 heteroatoms. The van der Waals surface area contributed by atoms with Crippen LogP contribution in [0.25, 0.3) is 0 Å². The Morgan fingerprint density at radius 1 is 1.26 bits per heavy atom. The molecule has 1 aliphatic rings. The van der Waals surface area contributed by atoms with Gasteiger partial charge >= 0.3 is 0 Å². The molecule has 2 atom stereocenters. The fourth-order valence-electron chi connectivity index (χ4n) is 2.60. The number of benzene rings is 1. The van der Waals surface area contributed by atoms with Gasteiger partial charge < -0.3 is 10.2 Å². The summed E-state index contributed by atoms with van der Waals surface area (Å²) in [5.74, 6) is 1.07. The molecule has 1 fully saturated rings. The van der Waals surface area contributed by atoms with Gasteiger partial charge in [0.05, 0.1) is 6.04 Å². The Labute approximate surface area is 116 Å². The summed E-state index contributed by atoms with van der Waals surface area (Å²) in [4.78, 5) is 14.5. The number of carbonyl (C=O) groups excluding carboxylic acids is 1. The number of rotatable bonds is 2. The van der Waals surface area contributed by atoms with Crippen LogP contribution < -0.4 is 10.2 Å². The standard InChI is InChI=1S/C16H24N2O/c1-11(2)14-7-5-6-8-15(14)18-10-12(3)9-17-13(4)16(18)19/h5-8,11-13,17H,9-10H2,1-4H3. The van der Waals surface area contributed by atoms with E-state index < -0.39 is 0 Å². The summed E-state index contributed by atoms with van der Waals surface area (Å²) in [6.07, 6.45) is 0. The van der Waals surface area contributed by atoms with Crippen molar-refractivity contribution in [3.05, 3.63) is 29.8 Å². The maximum Gasteiger partial charge on any atom is 0.243 e. The highest BCUT2D eigenvalue weighted by atomic mass is 16.2. The van der Waals surface area contributed by atoms with Gasteiger partial charge in [-0.25, -0.2) is 0 Å². The Kier molecular flexibility index (Phi) is 4.25. The number of anilines is 1. The van der Waals surface area contributed by atoms with Crippen molar-refractivity contribution in [3.8, 4) is 0 Å². The fraction of sp³-hybridized carbons (Fsp3) is 0.562. The van der Waals surface area contributed by atoms with Crippen LogP contribution in [0.4, 0.5) is 5.69 Å². The number of carbonyl (C=O) groups is 1. The molecule has 0 aromatic heterocycles. The summed E-state index contributed by atoms with van der Waals surface area (Å²) in [7, 11) is 0. The Hall–Kier alpha value is -1.35. The molecule has 0 spiro atoms. The highest BCUT2D eigenvalue weighted by molar-refractivity contribution is 5.98. The summed E-state index contributed by atoms with van der Waals surface area (Å²) in [5.41, 5.74) is 2.32. The van der Waals surface area contributed by atoms with Gasteiger partial charge in [-0.1, -0.05) is 39.0 Å². The van der Waals surface area contributed by atoms with Crippen molar-refractivity contribution in [1.29, 1.82) is 0 Å². The van der Waals surface area contributed by atoms with Gasteiger partial charge in [-0.2, -0.15) is 0 Å². The van der Waals surface area contributed by atoms with Crippen LogP contribution in [-0.2, 0) is 4.79 Å². The van der Waals surface area contributed by atoms with Crippen molar-refractivity contribution in [3.63, 3.8) is 0 Å². The zero-order valence-corrected chi connectivity index (χ0v) is 12.3. The minimum Gasteiger partial charge on any atom is -0.310 e. The Morgan fingerprint density at radius 3 is 2.63 bits per heavy atom. The Bertz CT molecular complexity index is 456. The molecule has 104 valence electrons. The van der Waals surface area contributed by atoms with E-state index in [1.807, 2.05) is 24.0 Å². The zero-order chi connectivity index (χ0) is 14.0. The van der Waals surface area contributed by atoms with Crippen molar-refractivity contribution in [2.45, 2.75) is 39.7 Å². The van der Waals surface area contributed by atoms with Crippen molar-refractivity contribution in [2.24, 2.45) is 5.92 Å². The number of hydrogen-bond donors (Lipinski definition) is 1. The summed E-state index contributed by atoms with van der Waals surface area (Å²) in [5, 5.41) is 3.30. The maximum atomic E-state index is 12.5. The lowest BCUT2D eigenvalue weighted by atomic mass is 9.99. The molecule has 0 bridgehead atoms. The van der Waals surface area contributed by atoms with E-state index in [2.05, 4.69) is 38.2 Å². The monoisotopic (exact) mass is 260 g/mol. The molecule has 1 aromatic rings. The molecule has 2 unspecified atom stereocenters. The lowest BCUT2D eigenvalue weighted by Gasteiger charge is -2.27. The number of amides is 1. The van der Waals surface area contributed by atoms with Crippen LogP contribution in [0.2, 0.25) is 0 Å². The molecule has 3 nitrogen and oxygen atoms in total. The van der Waals surface area contributed by atoms with E-state index >= 15 is 0 Å². The van der Waals surface area contributed by atoms with Gasteiger partial charge in [0, 0.05) is 18.8 Å².